The first-order valence-electron chi connectivity index (χ1n) is 10.3. The number of anilines is 3. The molecule has 9 heteroatoms. The normalized spacial score (nSPS) is 20.0. The predicted octanol–water partition coefficient (Wildman–Crippen LogP) is 2.94. The van der Waals surface area contributed by atoms with Gasteiger partial charge in [-0.1, -0.05) is 0 Å². The average molecular weight is 418 g/mol. The second-order valence-electron chi connectivity index (χ2n) is 8.03. The van der Waals surface area contributed by atoms with Crippen molar-refractivity contribution in [3.63, 3.8) is 0 Å². The number of carbonyl (C=O) groups excluding carboxylic acids is 1. The number of hydrogen-bond donors (Lipinski definition) is 4. The highest BCUT2D eigenvalue weighted by Crippen LogP contribution is 2.31. The fraction of sp³-hybridized carbons (Fsp3) is 0.318. The minimum Gasteiger partial charge on any atom is -0.481 e. The summed E-state index contributed by atoms with van der Waals surface area (Å²) < 4.78 is 0. The van der Waals surface area contributed by atoms with E-state index in [0.717, 1.165) is 23.7 Å². The van der Waals surface area contributed by atoms with Gasteiger partial charge in [0.1, 0.15) is 11.6 Å². The smallest absolute Gasteiger partial charge is 0.308 e. The molecule has 2 atom stereocenters. The molecule has 3 heterocycles. The quantitative estimate of drug-likeness (QED) is 0.461. The highest BCUT2D eigenvalue weighted by atomic mass is 16.4. The van der Waals surface area contributed by atoms with Crippen LogP contribution >= 0.6 is 0 Å². The minimum absolute atomic E-state index is 0.311. The number of carbonyl (C=O) groups is 2. The lowest BCUT2D eigenvalue weighted by molar-refractivity contribution is -0.145. The molecule has 158 valence electrons. The fourth-order valence-electron chi connectivity index (χ4n) is 3.65. The largest absolute Gasteiger partial charge is 0.481 e. The SMILES string of the molecule is O=C(NC1CCC1C(=O)O)c1cnc(Nc2ccc3cnccc3n2)cc1NC1CC1. The van der Waals surface area contributed by atoms with Crippen LogP contribution in [0.3, 0.4) is 0 Å². The zero-order valence-electron chi connectivity index (χ0n) is 16.7. The molecule has 0 bridgehead atoms. The van der Waals surface area contributed by atoms with E-state index in [1.54, 1.807) is 18.5 Å². The summed E-state index contributed by atoms with van der Waals surface area (Å²) in [6.45, 7) is 0. The predicted molar refractivity (Wildman–Crippen MR) is 115 cm³/mol. The molecule has 0 aliphatic heterocycles. The monoisotopic (exact) mass is 418 g/mol. The highest BCUT2D eigenvalue weighted by molar-refractivity contribution is 6.00. The van der Waals surface area contributed by atoms with Gasteiger partial charge in [-0.2, -0.15) is 0 Å². The van der Waals surface area contributed by atoms with Crippen molar-refractivity contribution in [2.75, 3.05) is 10.6 Å². The van der Waals surface area contributed by atoms with Crippen LogP contribution in [0.1, 0.15) is 36.0 Å². The van der Waals surface area contributed by atoms with Gasteiger partial charge in [0.15, 0.2) is 0 Å². The van der Waals surface area contributed by atoms with Gasteiger partial charge in [0.25, 0.3) is 5.91 Å². The highest BCUT2D eigenvalue weighted by Gasteiger charge is 2.38. The maximum absolute atomic E-state index is 12.8. The molecule has 0 spiro atoms. The van der Waals surface area contributed by atoms with Crippen LogP contribution in [-0.2, 0) is 4.79 Å². The number of hydrogen-bond acceptors (Lipinski definition) is 7. The molecule has 0 aromatic carbocycles. The van der Waals surface area contributed by atoms with E-state index < -0.39 is 11.9 Å². The molecular formula is C22H22N6O3. The van der Waals surface area contributed by atoms with Crippen LogP contribution in [0.2, 0.25) is 0 Å². The van der Waals surface area contributed by atoms with E-state index >= 15 is 0 Å². The molecule has 3 aromatic rings. The van der Waals surface area contributed by atoms with Crippen molar-refractivity contribution in [3.8, 4) is 0 Å². The molecule has 2 aliphatic carbocycles. The van der Waals surface area contributed by atoms with Crippen LogP contribution in [0, 0.1) is 5.92 Å². The third-order valence-corrected chi connectivity index (χ3v) is 5.74. The van der Waals surface area contributed by atoms with Crippen molar-refractivity contribution < 1.29 is 14.7 Å². The molecule has 5 rings (SSSR count). The summed E-state index contributed by atoms with van der Waals surface area (Å²) in [6.07, 6.45) is 8.33. The minimum atomic E-state index is -0.871. The van der Waals surface area contributed by atoms with E-state index in [2.05, 4.69) is 30.9 Å². The Morgan fingerprint density at radius 3 is 2.65 bits per heavy atom. The summed E-state index contributed by atoms with van der Waals surface area (Å²) in [4.78, 5) is 37.1. The van der Waals surface area contributed by atoms with Gasteiger partial charge in [0.2, 0.25) is 0 Å². The molecule has 2 aliphatic rings. The van der Waals surface area contributed by atoms with Gasteiger partial charge in [0.05, 0.1) is 22.7 Å². The molecule has 4 N–H and O–H groups in total. The third kappa shape index (κ3) is 4.11. The Hall–Kier alpha value is -3.75. The molecule has 0 radical (unpaired) electrons. The lowest BCUT2D eigenvalue weighted by Crippen LogP contribution is -2.50. The molecule has 1 amide bonds. The third-order valence-electron chi connectivity index (χ3n) is 5.74. The summed E-state index contributed by atoms with van der Waals surface area (Å²) in [7, 11) is 0. The summed E-state index contributed by atoms with van der Waals surface area (Å²) in [5.74, 6) is -0.502. The number of carboxylic acid groups (broad SMARTS) is 1. The summed E-state index contributed by atoms with van der Waals surface area (Å²) in [5.41, 5.74) is 1.90. The molecule has 2 unspecified atom stereocenters. The van der Waals surface area contributed by atoms with E-state index in [-0.39, 0.29) is 11.9 Å². The lowest BCUT2D eigenvalue weighted by Gasteiger charge is -2.34. The van der Waals surface area contributed by atoms with Gasteiger partial charge in [-0.15, -0.1) is 0 Å². The average Bonchev–Trinajstić information content (AvgIpc) is 3.55. The molecule has 2 fully saturated rings. The molecule has 2 saturated carbocycles. The first-order chi connectivity index (χ1) is 15.1. The standard InChI is InChI=1S/C22H22N6O3/c29-21(27-17-5-4-14(17)22(30)31)15-11-24-20(9-18(15)25-13-2-3-13)28-19-6-1-12-10-23-8-7-16(12)26-19/h1,6-11,13-14,17H,2-5H2,(H,27,29)(H,30,31)(H2,24,25,26,28). The van der Waals surface area contributed by atoms with Crippen molar-refractivity contribution in [3.05, 3.63) is 48.4 Å². The fourth-order valence-corrected chi connectivity index (χ4v) is 3.65. The number of nitrogens with one attached hydrogen (secondary N) is 3. The van der Waals surface area contributed by atoms with E-state index in [9.17, 15) is 14.7 Å². The van der Waals surface area contributed by atoms with Crippen LogP contribution in [-0.4, -0.2) is 44.0 Å². The molecular weight excluding hydrogens is 396 g/mol. The Labute approximate surface area is 178 Å². The summed E-state index contributed by atoms with van der Waals surface area (Å²) in [6, 6.07) is 7.41. The zero-order valence-corrected chi connectivity index (χ0v) is 16.7. The Morgan fingerprint density at radius 1 is 1.03 bits per heavy atom. The van der Waals surface area contributed by atoms with E-state index in [4.69, 9.17) is 0 Å². The van der Waals surface area contributed by atoms with Gasteiger partial charge >= 0.3 is 5.97 Å². The zero-order chi connectivity index (χ0) is 21.4. The number of aromatic nitrogens is 3. The number of amides is 1. The van der Waals surface area contributed by atoms with Gasteiger partial charge in [-0.3, -0.25) is 14.6 Å². The van der Waals surface area contributed by atoms with Gasteiger partial charge < -0.3 is 21.1 Å². The van der Waals surface area contributed by atoms with Crippen molar-refractivity contribution in [2.24, 2.45) is 5.92 Å². The van der Waals surface area contributed by atoms with Gasteiger partial charge in [-0.25, -0.2) is 9.97 Å². The van der Waals surface area contributed by atoms with Crippen LogP contribution in [0.4, 0.5) is 17.3 Å². The van der Waals surface area contributed by atoms with E-state index in [0.29, 0.717) is 41.8 Å². The van der Waals surface area contributed by atoms with Crippen molar-refractivity contribution in [1.29, 1.82) is 0 Å². The molecule has 31 heavy (non-hydrogen) atoms. The van der Waals surface area contributed by atoms with Crippen LogP contribution < -0.4 is 16.0 Å². The summed E-state index contributed by atoms with van der Waals surface area (Å²) in [5, 5.41) is 19.6. The molecule has 9 nitrogen and oxygen atoms in total. The van der Waals surface area contributed by atoms with E-state index in [1.165, 1.54) is 6.20 Å². The Bertz CT molecular complexity index is 1160. The number of fused-ring (bicyclic) bond motifs is 1. The van der Waals surface area contributed by atoms with Crippen molar-refractivity contribution in [1.82, 2.24) is 20.3 Å². The second kappa shape index (κ2) is 7.82. The number of nitrogens with zero attached hydrogens (tertiary/aromatic N) is 3. The van der Waals surface area contributed by atoms with Crippen LogP contribution in [0.15, 0.2) is 42.9 Å². The van der Waals surface area contributed by atoms with Gasteiger partial charge in [-0.05, 0) is 43.9 Å². The maximum atomic E-state index is 12.8. The maximum Gasteiger partial charge on any atom is 0.308 e. The van der Waals surface area contributed by atoms with Crippen LogP contribution in [0.25, 0.3) is 10.9 Å². The van der Waals surface area contributed by atoms with Crippen molar-refractivity contribution in [2.45, 2.75) is 37.8 Å². The lowest BCUT2D eigenvalue weighted by atomic mass is 9.79. The number of pyridine rings is 3. The Kier molecular flexibility index (Phi) is 4.85. The Balaban J connectivity index is 1.36. The topological polar surface area (TPSA) is 129 Å². The van der Waals surface area contributed by atoms with Crippen LogP contribution in [0.5, 0.6) is 0 Å². The first-order valence-corrected chi connectivity index (χ1v) is 10.3. The van der Waals surface area contributed by atoms with Gasteiger partial charge in [0, 0.05) is 42.1 Å². The summed E-state index contributed by atoms with van der Waals surface area (Å²) >= 11 is 0. The number of carboxylic acids is 1. The Morgan fingerprint density at radius 2 is 1.90 bits per heavy atom. The second-order valence-corrected chi connectivity index (χ2v) is 8.03. The number of aliphatic carboxylic acids is 1. The van der Waals surface area contributed by atoms with Crippen molar-refractivity contribution >= 4 is 40.1 Å². The number of rotatable bonds is 7. The molecule has 3 aromatic heterocycles. The first kappa shape index (κ1) is 19.2. The van der Waals surface area contributed by atoms with E-state index in [1.807, 2.05) is 18.2 Å². The molecule has 0 saturated heterocycles.